The van der Waals surface area contributed by atoms with Crippen LogP contribution in [0.2, 0.25) is 0 Å². The molecule has 0 bridgehead atoms. The van der Waals surface area contributed by atoms with Crippen LogP contribution in [-0.4, -0.2) is 65.7 Å². The van der Waals surface area contributed by atoms with Crippen LogP contribution in [-0.2, 0) is 40.2 Å². The second-order valence-corrected chi connectivity index (χ2v) is 18.7. The van der Waals surface area contributed by atoms with E-state index in [9.17, 15) is 45.5 Å². The van der Waals surface area contributed by atoms with Gasteiger partial charge in [0, 0.05) is 40.6 Å². The molecule has 3 heterocycles. The Bertz CT molecular complexity index is 2400. The summed E-state index contributed by atoms with van der Waals surface area (Å²) in [6.07, 6.45) is 0. The number of nitrogen functional groups attached to an aromatic ring is 2. The standard InChI is InChI=1S/C9H7N3O4S2.C9H9N3O2S2.C6H4ClNO4S.C2H3N3S/c13-12(14)7-1-3-8(4-2-7)18(15,16)5-9-11-10-6-17-9;10-7-1-3-8(4-2-7)16(13,14)5-9-12-11-6-15-9;7-13(11,12)6-3-1-5(2-4-6)8(9)10;3-2-5-4-1-6-2/h1-4,6H,5H2;1-4,6H,5,10H2;1-4H;1H,(H2,3,5). The maximum atomic E-state index is 11.9. The molecule has 0 saturated carbocycles. The van der Waals surface area contributed by atoms with E-state index >= 15 is 0 Å². The van der Waals surface area contributed by atoms with E-state index in [0.717, 1.165) is 47.7 Å². The van der Waals surface area contributed by atoms with Gasteiger partial charge in [0.05, 0.1) is 24.5 Å². The monoisotopic (exact) mass is 862 g/mol. The molecule has 3 aromatic carbocycles. The van der Waals surface area contributed by atoms with Gasteiger partial charge in [0.2, 0.25) is 5.13 Å². The molecule has 0 aliphatic carbocycles. The summed E-state index contributed by atoms with van der Waals surface area (Å²) in [4.78, 5) is 19.6. The maximum Gasteiger partial charge on any atom is 0.269 e. The minimum absolute atomic E-state index is 0.0308. The lowest BCUT2D eigenvalue weighted by Crippen LogP contribution is -2.05. The first-order chi connectivity index (χ1) is 24.9. The molecule has 20 nitrogen and oxygen atoms in total. The Balaban J connectivity index is 0.000000200. The third-order valence-corrected chi connectivity index (χ3v) is 12.7. The molecule has 0 saturated heterocycles. The van der Waals surface area contributed by atoms with Crippen LogP contribution in [0.15, 0.2) is 104 Å². The van der Waals surface area contributed by atoms with Crippen molar-refractivity contribution in [3.8, 4) is 0 Å². The Kier molecular flexibility index (Phi) is 15.2. The molecule has 0 aliphatic heterocycles. The van der Waals surface area contributed by atoms with Crippen molar-refractivity contribution in [1.82, 2.24) is 30.6 Å². The first-order valence-corrected chi connectivity index (χ1v) is 21.9. The topological polar surface area (TPSA) is 318 Å². The van der Waals surface area contributed by atoms with E-state index in [0.29, 0.717) is 20.8 Å². The number of anilines is 2. The smallest absolute Gasteiger partial charge is 0.269 e. The van der Waals surface area contributed by atoms with Crippen molar-refractivity contribution < 1.29 is 35.1 Å². The summed E-state index contributed by atoms with van der Waals surface area (Å²) in [7, 11) is -5.69. The Labute approximate surface area is 316 Å². The number of non-ortho nitro benzene ring substituents is 2. The molecule has 0 fully saturated rings. The number of nitrogens with two attached hydrogens (primary N) is 2. The van der Waals surface area contributed by atoms with Crippen molar-refractivity contribution in [3.05, 3.63) is 120 Å². The van der Waals surface area contributed by atoms with Crippen LogP contribution in [0.25, 0.3) is 0 Å². The molecule has 4 N–H and O–H groups in total. The van der Waals surface area contributed by atoms with Crippen molar-refractivity contribution in [2.75, 3.05) is 11.5 Å². The lowest BCUT2D eigenvalue weighted by Gasteiger charge is -2.02. The Morgan fingerprint density at radius 2 is 0.925 bits per heavy atom. The Hall–Kier alpha value is -5.12. The van der Waals surface area contributed by atoms with Gasteiger partial charge in [0.15, 0.2) is 19.7 Å². The van der Waals surface area contributed by atoms with E-state index in [1.165, 1.54) is 58.0 Å². The van der Waals surface area contributed by atoms with Crippen molar-refractivity contribution in [1.29, 1.82) is 0 Å². The number of nitro groups is 2. The van der Waals surface area contributed by atoms with Gasteiger partial charge >= 0.3 is 0 Å². The third kappa shape index (κ3) is 14.1. The number of rotatable bonds is 9. The fraction of sp³-hybridized carbons (Fsp3) is 0.0769. The minimum atomic E-state index is -3.80. The molecule has 0 amide bonds. The molecule has 0 spiro atoms. The fourth-order valence-electron chi connectivity index (χ4n) is 3.37. The SMILES string of the molecule is Nc1ccc(S(=O)(=O)Cc2nncs2)cc1.Nc1nncs1.O=[N+]([O-])c1ccc(S(=O)(=O)Cc2nncs2)cc1.O=[N+]([O-])c1ccc(S(=O)(=O)Cl)cc1. The van der Waals surface area contributed by atoms with Crippen LogP contribution >= 0.6 is 44.7 Å². The van der Waals surface area contributed by atoms with Gasteiger partial charge in [-0.1, -0.05) is 11.3 Å². The highest BCUT2D eigenvalue weighted by Gasteiger charge is 2.19. The molecule has 0 atom stereocenters. The normalized spacial score (nSPS) is 11.0. The third-order valence-electron chi connectivity index (χ3n) is 5.79. The Morgan fingerprint density at radius 3 is 1.21 bits per heavy atom. The highest BCUT2D eigenvalue weighted by molar-refractivity contribution is 8.13. The van der Waals surface area contributed by atoms with Gasteiger partial charge in [0.25, 0.3) is 20.4 Å². The molecule has 0 aliphatic rings. The van der Waals surface area contributed by atoms with Gasteiger partial charge < -0.3 is 11.5 Å². The highest BCUT2D eigenvalue weighted by atomic mass is 35.7. The van der Waals surface area contributed by atoms with Crippen LogP contribution in [0.4, 0.5) is 22.2 Å². The number of halogens is 1. The van der Waals surface area contributed by atoms with Crippen molar-refractivity contribution in [3.63, 3.8) is 0 Å². The zero-order valence-electron chi connectivity index (χ0n) is 26.2. The van der Waals surface area contributed by atoms with Gasteiger partial charge in [0.1, 0.15) is 38.1 Å². The summed E-state index contributed by atoms with van der Waals surface area (Å²) in [5.41, 5.74) is 15.4. The summed E-state index contributed by atoms with van der Waals surface area (Å²) in [5, 5.41) is 43.5. The molecule has 53 heavy (non-hydrogen) atoms. The van der Waals surface area contributed by atoms with Crippen LogP contribution < -0.4 is 11.5 Å². The summed E-state index contributed by atoms with van der Waals surface area (Å²) in [6, 6.07) is 15.2. The van der Waals surface area contributed by atoms with E-state index in [-0.39, 0.29) is 37.6 Å². The Morgan fingerprint density at radius 1 is 0.566 bits per heavy atom. The van der Waals surface area contributed by atoms with E-state index in [1.807, 2.05) is 0 Å². The van der Waals surface area contributed by atoms with E-state index in [4.69, 9.17) is 22.1 Å². The van der Waals surface area contributed by atoms with Crippen molar-refractivity contribution >= 4 is 95.6 Å². The molecule has 6 rings (SSSR count). The van der Waals surface area contributed by atoms with E-state index in [1.54, 1.807) is 17.6 Å². The molecule has 6 aromatic rings. The van der Waals surface area contributed by atoms with Crippen LogP contribution in [0, 0.1) is 20.2 Å². The van der Waals surface area contributed by atoms with E-state index < -0.39 is 38.6 Å². The predicted molar refractivity (Wildman–Crippen MR) is 196 cm³/mol. The maximum absolute atomic E-state index is 11.9. The summed E-state index contributed by atoms with van der Waals surface area (Å²) >= 11 is 3.70. The lowest BCUT2D eigenvalue weighted by molar-refractivity contribution is -0.385. The largest absolute Gasteiger partial charge is 0.399 e. The number of nitrogens with zero attached hydrogens (tertiary/aromatic N) is 8. The zero-order chi connectivity index (χ0) is 39.2. The quantitative estimate of drug-likeness (QED) is 0.0892. The number of hydrogen-bond acceptors (Lipinski definition) is 21. The number of sulfone groups is 2. The summed E-state index contributed by atoms with van der Waals surface area (Å²) < 4.78 is 69.1. The first kappa shape index (κ1) is 42.3. The number of benzene rings is 3. The fourth-order valence-corrected chi connectivity index (χ4v) is 8.73. The average molecular weight is 863 g/mol. The predicted octanol–water partition coefficient (Wildman–Crippen LogP) is 4.16. The van der Waals surface area contributed by atoms with E-state index in [2.05, 4.69) is 30.6 Å². The van der Waals surface area contributed by atoms with Gasteiger partial charge in [-0.05, 0) is 48.5 Å². The van der Waals surface area contributed by atoms with Crippen molar-refractivity contribution in [2.24, 2.45) is 0 Å². The van der Waals surface area contributed by atoms with Crippen LogP contribution in [0.3, 0.4) is 0 Å². The summed E-state index contributed by atoms with van der Waals surface area (Å²) in [5.74, 6) is -0.378. The summed E-state index contributed by atoms with van der Waals surface area (Å²) in [6.45, 7) is 0. The number of hydrogen-bond donors (Lipinski definition) is 2. The van der Waals surface area contributed by atoms with Crippen molar-refractivity contribution in [2.45, 2.75) is 26.2 Å². The molecule has 27 heteroatoms. The molecular weight excluding hydrogens is 840 g/mol. The van der Waals surface area contributed by atoms with Gasteiger partial charge in [-0.25, -0.2) is 25.3 Å². The molecule has 0 radical (unpaired) electrons. The van der Waals surface area contributed by atoms with Crippen LogP contribution in [0.5, 0.6) is 0 Å². The average Bonchev–Trinajstić information content (AvgIpc) is 3.91. The number of aromatic nitrogens is 6. The molecule has 3 aromatic heterocycles. The minimum Gasteiger partial charge on any atom is -0.399 e. The number of nitro benzene ring substituents is 2. The zero-order valence-corrected chi connectivity index (χ0v) is 31.9. The molecular formula is C26H23ClN10O10S6. The second kappa shape index (κ2) is 19.1. The second-order valence-electron chi connectivity index (χ2n) is 9.47. The first-order valence-electron chi connectivity index (χ1n) is 13.6. The highest BCUT2D eigenvalue weighted by Crippen LogP contribution is 2.21. The van der Waals surface area contributed by atoms with Gasteiger partial charge in [-0.2, -0.15) is 0 Å². The van der Waals surface area contributed by atoms with Gasteiger partial charge in [-0.3, -0.25) is 20.2 Å². The van der Waals surface area contributed by atoms with Gasteiger partial charge in [-0.15, -0.1) is 53.3 Å². The molecule has 0 unspecified atom stereocenters. The van der Waals surface area contributed by atoms with Crippen LogP contribution in [0.1, 0.15) is 10.0 Å². The molecule has 280 valence electrons. The lowest BCUT2D eigenvalue weighted by atomic mass is 10.3.